The maximum absolute atomic E-state index is 11.2. The lowest BCUT2D eigenvalue weighted by molar-refractivity contribution is -0.193. The van der Waals surface area contributed by atoms with Gasteiger partial charge in [0.15, 0.2) is 18.7 Å². The number of carbonyl (C=O) groups excluding carboxylic acids is 1. The fourth-order valence-corrected chi connectivity index (χ4v) is 3.70. The van der Waals surface area contributed by atoms with Crippen molar-refractivity contribution < 1.29 is 61.5 Å². The molecule has 0 aromatic rings. The quantitative estimate of drug-likeness (QED) is 0.205. The molecule has 13 nitrogen and oxygen atoms in total. The van der Waals surface area contributed by atoms with E-state index in [0.717, 1.165) is 7.11 Å². The summed E-state index contributed by atoms with van der Waals surface area (Å²) in [6.07, 6.45) is -9.11. The largest absolute Gasteiger partial charge is 0.467 e. The molecule has 2 rings (SSSR count). The molecule has 2 aliphatic heterocycles. The first-order valence-electron chi connectivity index (χ1n) is 10.4. The number of aliphatic hydroxyl groups excluding tert-OH is 4. The second-order valence-electron chi connectivity index (χ2n) is 8.04. The Labute approximate surface area is 193 Å². The highest BCUT2D eigenvalue weighted by atomic mass is 32.2. The lowest BCUT2D eigenvalue weighted by Crippen LogP contribution is -2.37. The van der Waals surface area contributed by atoms with Crippen LogP contribution in [0, 0.1) is 0 Å². The van der Waals surface area contributed by atoms with Crippen LogP contribution in [-0.2, 0) is 42.8 Å². The van der Waals surface area contributed by atoms with Crippen LogP contribution in [0.1, 0.15) is 34.1 Å². The first-order chi connectivity index (χ1) is 15.2. The van der Waals surface area contributed by atoms with Gasteiger partial charge in [-0.05, 0) is 34.1 Å². The van der Waals surface area contributed by atoms with E-state index in [0.29, 0.717) is 0 Å². The van der Waals surface area contributed by atoms with E-state index in [1.807, 2.05) is 0 Å². The van der Waals surface area contributed by atoms with Crippen LogP contribution in [0.2, 0.25) is 0 Å². The van der Waals surface area contributed by atoms with Crippen molar-refractivity contribution >= 4 is 16.1 Å². The summed E-state index contributed by atoms with van der Waals surface area (Å²) in [6, 6.07) is 0. The van der Waals surface area contributed by atoms with E-state index in [-0.39, 0.29) is 24.4 Å². The number of carbonyl (C=O) groups is 1. The Morgan fingerprint density at radius 1 is 0.848 bits per heavy atom. The molecular weight excluding hydrogens is 468 g/mol. The average Bonchev–Trinajstić information content (AvgIpc) is 3.16. The molecule has 4 N–H and O–H groups in total. The van der Waals surface area contributed by atoms with Gasteiger partial charge < -0.3 is 44.1 Å². The summed E-state index contributed by atoms with van der Waals surface area (Å²) >= 11 is 0. The Kier molecular flexibility index (Phi) is 12.1. The molecule has 0 radical (unpaired) electrons. The molecule has 196 valence electrons. The van der Waals surface area contributed by atoms with E-state index < -0.39 is 65.3 Å². The van der Waals surface area contributed by atoms with Crippen molar-refractivity contribution in [2.45, 2.75) is 95.5 Å². The number of aliphatic hydroxyl groups is 4. The topological polar surface area (TPSA) is 188 Å². The molecule has 2 saturated heterocycles. The number of hydrogen-bond acceptors (Lipinski definition) is 13. The molecule has 0 spiro atoms. The van der Waals surface area contributed by atoms with Gasteiger partial charge in [-0.2, -0.15) is 8.42 Å². The second-order valence-corrected chi connectivity index (χ2v) is 9.90. The average molecular weight is 505 g/mol. The zero-order valence-corrected chi connectivity index (χ0v) is 20.4. The van der Waals surface area contributed by atoms with E-state index in [1.165, 1.54) is 7.11 Å². The highest BCUT2D eigenvalue weighted by Crippen LogP contribution is 2.26. The minimum absolute atomic E-state index is 0.0341. The normalized spacial score (nSPS) is 34.4. The van der Waals surface area contributed by atoms with Gasteiger partial charge in [-0.15, -0.1) is 0 Å². The fourth-order valence-electron chi connectivity index (χ4n) is 3.02. The molecule has 0 aromatic heterocycles. The Balaban J connectivity index is 0.000000335. The van der Waals surface area contributed by atoms with Crippen molar-refractivity contribution in [3.05, 3.63) is 0 Å². The number of rotatable bonds is 9. The summed E-state index contributed by atoms with van der Waals surface area (Å²) < 4.78 is 51.8. The summed E-state index contributed by atoms with van der Waals surface area (Å²) in [5.74, 6) is -1.01. The van der Waals surface area contributed by atoms with Gasteiger partial charge in [0.25, 0.3) is 10.1 Å². The smallest absolute Gasteiger partial charge is 0.337 e. The Morgan fingerprint density at radius 3 is 1.79 bits per heavy atom. The molecule has 0 aliphatic carbocycles. The van der Waals surface area contributed by atoms with Crippen LogP contribution in [0.3, 0.4) is 0 Å². The maximum atomic E-state index is 11.2. The highest BCUT2D eigenvalue weighted by Gasteiger charge is 2.48. The molecule has 0 saturated carbocycles. The summed E-state index contributed by atoms with van der Waals surface area (Å²) in [5, 5.41) is 38.4. The van der Waals surface area contributed by atoms with Crippen molar-refractivity contribution in [1.82, 2.24) is 0 Å². The monoisotopic (exact) mass is 504 g/mol. The molecular formula is C19H36O13S. The molecule has 2 aliphatic rings. The molecule has 0 aromatic carbocycles. The first-order valence-corrected chi connectivity index (χ1v) is 12.0. The summed E-state index contributed by atoms with van der Waals surface area (Å²) in [5.41, 5.74) is 0. The van der Waals surface area contributed by atoms with E-state index >= 15 is 0 Å². The molecule has 0 unspecified atom stereocenters. The first kappa shape index (κ1) is 30.1. The van der Waals surface area contributed by atoms with Crippen LogP contribution < -0.4 is 0 Å². The molecule has 2 heterocycles. The summed E-state index contributed by atoms with van der Waals surface area (Å²) in [7, 11) is -1.35. The Morgan fingerprint density at radius 2 is 1.33 bits per heavy atom. The molecule has 2 fully saturated rings. The van der Waals surface area contributed by atoms with Crippen LogP contribution in [0.15, 0.2) is 0 Å². The van der Waals surface area contributed by atoms with E-state index in [9.17, 15) is 33.6 Å². The van der Waals surface area contributed by atoms with Gasteiger partial charge in [-0.1, -0.05) is 0 Å². The molecule has 33 heavy (non-hydrogen) atoms. The Bertz CT molecular complexity index is 698. The van der Waals surface area contributed by atoms with E-state index in [1.54, 1.807) is 27.7 Å². The van der Waals surface area contributed by atoms with Gasteiger partial charge in [-0.3, -0.25) is 4.18 Å². The predicted octanol–water partition coefficient (Wildman–Crippen LogP) is -1.74. The van der Waals surface area contributed by atoms with Crippen LogP contribution in [0.25, 0.3) is 0 Å². The number of methoxy groups -OCH3 is 1. The number of hydrogen-bond donors (Lipinski definition) is 4. The van der Waals surface area contributed by atoms with Crippen LogP contribution in [-0.4, -0.2) is 116 Å². The van der Waals surface area contributed by atoms with Gasteiger partial charge in [0.2, 0.25) is 0 Å². The standard InChI is InChI=1S/C10H20O7S.C9H16O6/c1-6(2)16-10-9(12)8(11)7(17-10)4-5-18(13,14)15-3;1-4(2)14-9-6(11)5(10)7(15-9)8(12)13-3/h6-12H,4-5H2,1-3H3;4-7,9-11H,1-3H3/t7-,8-,9-,10-;5-,6+,7-,9+/m10/s1. The predicted molar refractivity (Wildman–Crippen MR) is 111 cm³/mol. The zero-order valence-electron chi connectivity index (χ0n) is 19.6. The second kappa shape index (κ2) is 13.2. The number of ether oxygens (including phenoxy) is 5. The van der Waals surface area contributed by atoms with Crippen molar-refractivity contribution in [2.24, 2.45) is 0 Å². The van der Waals surface area contributed by atoms with Crippen molar-refractivity contribution in [3.8, 4) is 0 Å². The lowest BCUT2D eigenvalue weighted by Gasteiger charge is -2.17. The van der Waals surface area contributed by atoms with Crippen LogP contribution >= 0.6 is 0 Å². The molecule has 14 heteroatoms. The van der Waals surface area contributed by atoms with Gasteiger partial charge >= 0.3 is 5.97 Å². The van der Waals surface area contributed by atoms with Crippen molar-refractivity contribution in [1.29, 1.82) is 0 Å². The van der Waals surface area contributed by atoms with Crippen molar-refractivity contribution in [3.63, 3.8) is 0 Å². The maximum Gasteiger partial charge on any atom is 0.337 e. The molecule has 8 atom stereocenters. The van der Waals surface area contributed by atoms with Crippen molar-refractivity contribution in [2.75, 3.05) is 20.0 Å². The lowest BCUT2D eigenvalue weighted by atomic mass is 10.1. The van der Waals surface area contributed by atoms with Crippen LogP contribution in [0.4, 0.5) is 0 Å². The summed E-state index contributed by atoms with van der Waals surface area (Å²) in [4.78, 5) is 11.1. The van der Waals surface area contributed by atoms with Gasteiger partial charge in [0.1, 0.15) is 24.4 Å². The number of esters is 1. The van der Waals surface area contributed by atoms with E-state index in [2.05, 4.69) is 8.92 Å². The summed E-state index contributed by atoms with van der Waals surface area (Å²) in [6.45, 7) is 7.05. The highest BCUT2D eigenvalue weighted by molar-refractivity contribution is 7.86. The van der Waals surface area contributed by atoms with Crippen LogP contribution in [0.5, 0.6) is 0 Å². The third kappa shape index (κ3) is 8.98. The molecule has 0 bridgehead atoms. The van der Waals surface area contributed by atoms with E-state index in [4.69, 9.17) is 18.9 Å². The zero-order chi connectivity index (χ0) is 25.5. The fraction of sp³-hybridized carbons (Fsp3) is 0.947. The van der Waals surface area contributed by atoms with Gasteiger partial charge in [0.05, 0.1) is 38.3 Å². The third-order valence-corrected chi connectivity index (χ3v) is 5.93. The third-order valence-electron chi connectivity index (χ3n) is 4.69. The molecule has 0 amide bonds. The van der Waals surface area contributed by atoms with Gasteiger partial charge in [-0.25, -0.2) is 4.79 Å². The SMILES string of the molecule is COC(=O)[C@H]1O[C@@H](OC(C)C)[C@H](O)[C@@H]1O.COS(=O)(=O)CC[C@H]1O[C@@H](OC(C)C)[C@H](O)[C@@H]1O. The minimum atomic E-state index is -3.60. The van der Waals surface area contributed by atoms with Gasteiger partial charge in [0, 0.05) is 0 Å². The minimum Gasteiger partial charge on any atom is -0.467 e. The Hall–Kier alpha value is -0.940.